The van der Waals surface area contributed by atoms with Crippen molar-refractivity contribution in [1.29, 1.82) is 0 Å². The summed E-state index contributed by atoms with van der Waals surface area (Å²) in [6.45, 7) is 4.12. The maximum absolute atomic E-state index is 5.43. The van der Waals surface area contributed by atoms with Gasteiger partial charge in [0.05, 0.1) is 0 Å². The summed E-state index contributed by atoms with van der Waals surface area (Å²) < 4.78 is 5.43. The highest BCUT2D eigenvalue weighted by Crippen LogP contribution is 2.08. The van der Waals surface area contributed by atoms with E-state index in [9.17, 15) is 0 Å². The van der Waals surface area contributed by atoms with Crippen LogP contribution in [0.3, 0.4) is 0 Å². The Balaban J connectivity index is 2.28. The van der Waals surface area contributed by atoms with Gasteiger partial charge in [0.15, 0.2) is 0 Å². The molecule has 12 heavy (non-hydrogen) atoms. The van der Waals surface area contributed by atoms with Crippen LogP contribution >= 0.6 is 0 Å². The highest BCUT2D eigenvalue weighted by atomic mass is 16.3. The first-order valence-corrected chi connectivity index (χ1v) is 4.53. The van der Waals surface area contributed by atoms with E-state index in [0.717, 1.165) is 30.8 Å². The van der Waals surface area contributed by atoms with Crippen LogP contribution in [0, 0.1) is 6.92 Å². The number of furan rings is 1. The largest absolute Gasteiger partial charge is 0.466 e. The van der Waals surface area contributed by atoms with E-state index < -0.39 is 0 Å². The zero-order chi connectivity index (χ0) is 8.81. The molecule has 0 N–H and O–H groups in total. The second-order valence-corrected chi connectivity index (χ2v) is 2.93. The van der Waals surface area contributed by atoms with E-state index in [1.54, 1.807) is 0 Å². The minimum Gasteiger partial charge on any atom is -0.466 e. The van der Waals surface area contributed by atoms with E-state index in [4.69, 9.17) is 4.42 Å². The lowest BCUT2D eigenvalue weighted by atomic mass is 10.2. The molecule has 0 atom stereocenters. The summed E-state index contributed by atoms with van der Waals surface area (Å²) >= 11 is 0. The van der Waals surface area contributed by atoms with Crippen molar-refractivity contribution in [3.05, 3.63) is 35.8 Å². The SMILES string of the molecule is CC/C=C/CCc1ccc(C)o1. The van der Waals surface area contributed by atoms with Crippen molar-refractivity contribution in [3.63, 3.8) is 0 Å². The summed E-state index contributed by atoms with van der Waals surface area (Å²) in [5.41, 5.74) is 0. The van der Waals surface area contributed by atoms with Crippen LogP contribution in [0.15, 0.2) is 28.7 Å². The molecule has 1 rings (SSSR count). The van der Waals surface area contributed by atoms with E-state index in [-0.39, 0.29) is 0 Å². The maximum atomic E-state index is 5.43. The summed E-state index contributed by atoms with van der Waals surface area (Å²) in [5.74, 6) is 2.10. The first kappa shape index (κ1) is 9.11. The molecule has 1 aromatic rings. The highest BCUT2D eigenvalue weighted by molar-refractivity contribution is 5.06. The van der Waals surface area contributed by atoms with Gasteiger partial charge in [0.25, 0.3) is 0 Å². The zero-order valence-corrected chi connectivity index (χ0v) is 7.84. The predicted octanol–water partition coefficient (Wildman–Crippen LogP) is 3.49. The van der Waals surface area contributed by atoms with Gasteiger partial charge in [-0.1, -0.05) is 19.1 Å². The molecular weight excluding hydrogens is 148 g/mol. The lowest BCUT2D eigenvalue weighted by molar-refractivity contribution is 0.483. The van der Waals surface area contributed by atoms with Gasteiger partial charge in [0.1, 0.15) is 11.5 Å². The Bertz CT molecular complexity index is 245. The monoisotopic (exact) mass is 164 g/mol. The van der Waals surface area contributed by atoms with E-state index >= 15 is 0 Å². The summed E-state index contributed by atoms with van der Waals surface area (Å²) in [7, 11) is 0. The first-order valence-electron chi connectivity index (χ1n) is 4.53. The van der Waals surface area contributed by atoms with Crippen molar-refractivity contribution in [1.82, 2.24) is 0 Å². The molecule has 0 unspecified atom stereocenters. The fraction of sp³-hybridized carbons (Fsp3) is 0.455. The zero-order valence-electron chi connectivity index (χ0n) is 7.84. The van der Waals surface area contributed by atoms with Gasteiger partial charge in [0.2, 0.25) is 0 Å². The molecular formula is C11H16O. The molecule has 0 bridgehead atoms. The minimum absolute atomic E-state index is 1.00. The Morgan fingerprint density at radius 1 is 1.33 bits per heavy atom. The molecule has 0 aliphatic heterocycles. The summed E-state index contributed by atoms with van der Waals surface area (Å²) in [5, 5.41) is 0. The molecule has 0 spiro atoms. The van der Waals surface area contributed by atoms with Crippen LogP contribution in [0.25, 0.3) is 0 Å². The number of allylic oxidation sites excluding steroid dienone is 2. The van der Waals surface area contributed by atoms with E-state index in [1.807, 2.05) is 13.0 Å². The fourth-order valence-corrected chi connectivity index (χ4v) is 1.13. The lowest BCUT2D eigenvalue weighted by Crippen LogP contribution is -1.77. The average Bonchev–Trinajstić information content (AvgIpc) is 2.45. The Morgan fingerprint density at radius 2 is 2.17 bits per heavy atom. The quantitative estimate of drug-likeness (QED) is 0.621. The Labute approximate surface area is 74.1 Å². The van der Waals surface area contributed by atoms with Crippen molar-refractivity contribution in [2.75, 3.05) is 0 Å². The van der Waals surface area contributed by atoms with E-state index in [2.05, 4.69) is 25.1 Å². The molecule has 0 saturated heterocycles. The molecule has 1 heteroatoms. The van der Waals surface area contributed by atoms with Crippen LogP contribution in [0.5, 0.6) is 0 Å². The predicted molar refractivity (Wildman–Crippen MR) is 51.2 cm³/mol. The molecule has 1 nitrogen and oxygen atoms in total. The van der Waals surface area contributed by atoms with Crippen LogP contribution in [0.4, 0.5) is 0 Å². The minimum atomic E-state index is 1.00. The van der Waals surface area contributed by atoms with Crippen molar-refractivity contribution < 1.29 is 4.42 Å². The number of hydrogen-bond acceptors (Lipinski definition) is 1. The van der Waals surface area contributed by atoms with Crippen molar-refractivity contribution in [3.8, 4) is 0 Å². The lowest BCUT2D eigenvalue weighted by Gasteiger charge is -1.90. The number of aryl methyl sites for hydroxylation is 2. The molecule has 66 valence electrons. The van der Waals surface area contributed by atoms with Crippen molar-refractivity contribution in [2.24, 2.45) is 0 Å². The smallest absolute Gasteiger partial charge is 0.104 e. The molecule has 0 saturated carbocycles. The van der Waals surface area contributed by atoms with Gasteiger partial charge in [-0.05, 0) is 31.9 Å². The second kappa shape index (κ2) is 4.81. The topological polar surface area (TPSA) is 13.1 Å². The highest BCUT2D eigenvalue weighted by Gasteiger charge is 1.95. The molecule has 0 radical (unpaired) electrons. The van der Waals surface area contributed by atoms with Crippen LogP contribution in [-0.4, -0.2) is 0 Å². The normalized spacial score (nSPS) is 11.2. The second-order valence-electron chi connectivity index (χ2n) is 2.93. The summed E-state index contributed by atoms with van der Waals surface area (Å²) in [6, 6.07) is 4.06. The number of hydrogen-bond donors (Lipinski definition) is 0. The third-order valence-corrected chi connectivity index (χ3v) is 1.76. The molecule has 0 aliphatic carbocycles. The van der Waals surface area contributed by atoms with E-state index in [0.29, 0.717) is 0 Å². The number of rotatable bonds is 4. The molecule has 0 aliphatic rings. The third kappa shape index (κ3) is 2.95. The first-order chi connectivity index (χ1) is 5.83. The Morgan fingerprint density at radius 3 is 2.75 bits per heavy atom. The summed E-state index contributed by atoms with van der Waals surface area (Å²) in [4.78, 5) is 0. The van der Waals surface area contributed by atoms with Crippen LogP contribution in [-0.2, 0) is 6.42 Å². The van der Waals surface area contributed by atoms with Gasteiger partial charge in [-0.15, -0.1) is 0 Å². The molecule has 0 fully saturated rings. The van der Waals surface area contributed by atoms with Gasteiger partial charge >= 0.3 is 0 Å². The maximum Gasteiger partial charge on any atom is 0.104 e. The molecule has 1 heterocycles. The third-order valence-electron chi connectivity index (χ3n) is 1.76. The van der Waals surface area contributed by atoms with Gasteiger partial charge in [0, 0.05) is 6.42 Å². The van der Waals surface area contributed by atoms with Crippen LogP contribution < -0.4 is 0 Å². The Kier molecular flexibility index (Phi) is 3.65. The Hall–Kier alpha value is -0.980. The fourth-order valence-electron chi connectivity index (χ4n) is 1.13. The van der Waals surface area contributed by atoms with Gasteiger partial charge in [-0.25, -0.2) is 0 Å². The standard InChI is InChI=1S/C11H16O/c1-3-4-5-6-7-11-9-8-10(2)12-11/h4-5,8-9H,3,6-7H2,1-2H3/b5-4+. The molecule has 0 amide bonds. The van der Waals surface area contributed by atoms with Crippen LogP contribution in [0.1, 0.15) is 31.3 Å². The van der Waals surface area contributed by atoms with Gasteiger partial charge in [-0.3, -0.25) is 0 Å². The molecule has 0 aromatic carbocycles. The van der Waals surface area contributed by atoms with Crippen LogP contribution in [0.2, 0.25) is 0 Å². The van der Waals surface area contributed by atoms with Crippen molar-refractivity contribution in [2.45, 2.75) is 33.1 Å². The van der Waals surface area contributed by atoms with Gasteiger partial charge < -0.3 is 4.42 Å². The van der Waals surface area contributed by atoms with Gasteiger partial charge in [-0.2, -0.15) is 0 Å². The summed E-state index contributed by atoms with van der Waals surface area (Å²) in [6.07, 6.45) is 7.62. The van der Waals surface area contributed by atoms with E-state index in [1.165, 1.54) is 0 Å². The average molecular weight is 164 g/mol. The molecule has 1 aromatic heterocycles. The van der Waals surface area contributed by atoms with Crippen molar-refractivity contribution >= 4 is 0 Å².